The van der Waals surface area contributed by atoms with Gasteiger partial charge in [-0.25, -0.2) is 4.79 Å². The second-order valence-electron chi connectivity index (χ2n) is 5.88. The topological polar surface area (TPSA) is 46.6 Å². The Kier molecular flexibility index (Phi) is 6.39. The molecule has 0 saturated heterocycles. The Morgan fingerprint density at radius 2 is 1.91 bits per heavy atom. The van der Waals surface area contributed by atoms with Crippen molar-refractivity contribution in [2.75, 3.05) is 7.11 Å². The van der Waals surface area contributed by atoms with E-state index in [0.29, 0.717) is 13.0 Å². The van der Waals surface area contributed by atoms with Gasteiger partial charge in [0.15, 0.2) is 5.78 Å². The number of amides is 1. The van der Waals surface area contributed by atoms with Crippen LogP contribution in [0.2, 0.25) is 0 Å². The third-order valence-corrected chi connectivity index (χ3v) is 4.20. The van der Waals surface area contributed by atoms with E-state index < -0.39 is 6.09 Å². The summed E-state index contributed by atoms with van der Waals surface area (Å²) in [7, 11) is 1.38. The van der Waals surface area contributed by atoms with Crippen molar-refractivity contribution in [2.24, 2.45) is 0 Å². The standard InChI is InChI=1S/C19H25NO3/c1-3-4-5-9-12-16-17(13-18(16)21)20(19(22)23-2)14-15-10-7-6-8-11-15/h6-8,10-11H,3-5,9,12-14H2,1-2H3. The number of carbonyl (C=O) groups is 2. The number of allylic oxidation sites excluding steroid dienone is 2. The SMILES string of the molecule is CCCCCCC1=C(N(Cc2ccccc2)C(=O)OC)CC1=O. The van der Waals surface area contributed by atoms with Gasteiger partial charge in [-0.3, -0.25) is 9.69 Å². The highest BCUT2D eigenvalue weighted by molar-refractivity contribution is 6.05. The van der Waals surface area contributed by atoms with E-state index in [1.165, 1.54) is 20.0 Å². The molecule has 0 atom stereocenters. The Labute approximate surface area is 138 Å². The molecule has 1 aliphatic carbocycles. The van der Waals surface area contributed by atoms with Crippen LogP contribution in [-0.2, 0) is 16.1 Å². The van der Waals surface area contributed by atoms with Crippen LogP contribution in [0.1, 0.15) is 51.0 Å². The van der Waals surface area contributed by atoms with Crippen LogP contribution in [0, 0.1) is 0 Å². The van der Waals surface area contributed by atoms with E-state index in [-0.39, 0.29) is 5.78 Å². The monoisotopic (exact) mass is 315 g/mol. The number of nitrogens with zero attached hydrogens (tertiary/aromatic N) is 1. The Morgan fingerprint density at radius 3 is 2.52 bits per heavy atom. The smallest absolute Gasteiger partial charge is 0.414 e. The van der Waals surface area contributed by atoms with Gasteiger partial charge in [-0.2, -0.15) is 0 Å². The number of ether oxygens (including phenoxy) is 1. The summed E-state index contributed by atoms with van der Waals surface area (Å²) < 4.78 is 4.91. The average molecular weight is 315 g/mol. The Bertz CT molecular complexity index is 578. The summed E-state index contributed by atoms with van der Waals surface area (Å²) in [4.78, 5) is 25.7. The first-order valence-corrected chi connectivity index (χ1v) is 8.32. The molecule has 1 aromatic rings. The first-order chi connectivity index (χ1) is 11.2. The molecule has 0 aliphatic heterocycles. The van der Waals surface area contributed by atoms with E-state index in [9.17, 15) is 9.59 Å². The first-order valence-electron chi connectivity index (χ1n) is 8.32. The molecular weight excluding hydrogens is 290 g/mol. The molecule has 0 heterocycles. The lowest BCUT2D eigenvalue weighted by atomic mass is 9.87. The molecule has 0 unspecified atom stereocenters. The second-order valence-corrected chi connectivity index (χ2v) is 5.88. The molecule has 1 aromatic carbocycles. The van der Waals surface area contributed by atoms with Crippen LogP contribution < -0.4 is 0 Å². The molecule has 23 heavy (non-hydrogen) atoms. The highest BCUT2D eigenvalue weighted by Crippen LogP contribution is 2.32. The van der Waals surface area contributed by atoms with Crippen LogP contribution in [0.3, 0.4) is 0 Å². The zero-order valence-corrected chi connectivity index (χ0v) is 14.0. The van der Waals surface area contributed by atoms with Crippen molar-refractivity contribution in [3.63, 3.8) is 0 Å². The second kappa shape index (κ2) is 8.51. The largest absolute Gasteiger partial charge is 0.452 e. The minimum Gasteiger partial charge on any atom is -0.452 e. The molecule has 1 amide bonds. The fourth-order valence-electron chi connectivity index (χ4n) is 2.84. The molecule has 0 bridgehead atoms. The maximum absolute atomic E-state index is 12.1. The summed E-state index contributed by atoms with van der Waals surface area (Å²) in [6, 6.07) is 9.76. The Hall–Kier alpha value is -2.10. The number of ketones is 1. The molecule has 2 rings (SSSR count). The highest BCUT2D eigenvalue weighted by Gasteiger charge is 2.33. The maximum Gasteiger partial charge on any atom is 0.414 e. The lowest BCUT2D eigenvalue weighted by Crippen LogP contribution is -2.37. The molecule has 4 nitrogen and oxygen atoms in total. The van der Waals surface area contributed by atoms with Gasteiger partial charge >= 0.3 is 6.09 Å². The minimum absolute atomic E-state index is 0.165. The van der Waals surface area contributed by atoms with Gasteiger partial charge in [-0.15, -0.1) is 0 Å². The lowest BCUT2D eigenvalue weighted by Gasteiger charge is -2.32. The van der Waals surface area contributed by atoms with Crippen molar-refractivity contribution in [1.29, 1.82) is 0 Å². The molecule has 0 radical (unpaired) electrons. The Balaban J connectivity index is 2.12. The van der Waals surface area contributed by atoms with Gasteiger partial charge in [0.25, 0.3) is 0 Å². The van der Waals surface area contributed by atoms with Crippen LogP contribution in [0.25, 0.3) is 0 Å². The quantitative estimate of drug-likeness (QED) is 0.666. The molecule has 0 aromatic heterocycles. The minimum atomic E-state index is -0.401. The molecule has 124 valence electrons. The molecule has 4 heteroatoms. The summed E-state index contributed by atoms with van der Waals surface area (Å²) in [6.07, 6.45) is 5.17. The van der Waals surface area contributed by atoms with E-state index in [1.807, 2.05) is 30.3 Å². The molecule has 0 fully saturated rings. The predicted octanol–water partition coefficient (Wildman–Crippen LogP) is 4.45. The summed E-state index contributed by atoms with van der Waals surface area (Å²) >= 11 is 0. The van der Waals surface area contributed by atoms with E-state index >= 15 is 0 Å². The number of Topliss-reactive ketones (excluding diaryl/α,β-unsaturated/α-hetero) is 1. The van der Waals surface area contributed by atoms with E-state index in [4.69, 9.17) is 4.74 Å². The molecule has 0 N–H and O–H groups in total. The normalized spacial score (nSPS) is 13.7. The van der Waals surface area contributed by atoms with Gasteiger partial charge in [-0.1, -0.05) is 56.5 Å². The number of carbonyl (C=O) groups excluding carboxylic acids is 2. The van der Waals surface area contributed by atoms with E-state index in [1.54, 1.807) is 4.90 Å². The number of hydrogen-bond acceptors (Lipinski definition) is 3. The average Bonchev–Trinajstić information content (AvgIpc) is 2.58. The van der Waals surface area contributed by atoms with Crippen molar-refractivity contribution in [1.82, 2.24) is 4.90 Å². The molecule has 0 spiro atoms. The third-order valence-electron chi connectivity index (χ3n) is 4.20. The van der Waals surface area contributed by atoms with Gasteiger partial charge < -0.3 is 4.74 Å². The predicted molar refractivity (Wildman–Crippen MR) is 89.8 cm³/mol. The third kappa shape index (κ3) is 4.44. The number of benzene rings is 1. The molecule has 0 saturated carbocycles. The maximum atomic E-state index is 12.1. The number of methoxy groups -OCH3 is 1. The summed E-state index contributed by atoms with van der Waals surface area (Å²) in [5.41, 5.74) is 2.67. The first kappa shape index (κ1) is 17.3. The van der Waals surface area contributed by atoms with Crippen LogP contribution >= 0.6 is 0 Å². The van der Waals surface area contributed by atoms with Crippen molar-refractivity contribution in [3.05, 3.63) is 47.2 Å². The van der Waals surface area contributed by atoms with Gasteiger partial charge in [0.05, 0.1) is 20.1 Å². The van der Waals surface area contributed by atoms with Crippen molar-refractivity contribution >= 4 is 11.9 Å². The lowest BCUT2D eigenvalue weighted by molar-refractivity contribution is -0.117. The van der Waals surface area contributed by atoms with Crippen LogP contribution in [0.4, 0.5) is 4.79 Å². The van der Waals surface area contributed by atoms with Gasteiger partial charge in [0, 0.05) is 11.3 Å². The summed E-state index contributed by atoms with van der Waals surface area (Å²) in [6.45, 7) is 2.60. The number of hydrogen-bond donors (Lipinski definition) is 0. The molecule has 1 aliphatic rings. The highest BCUT2D eigenvalue weighted by atomic mass is 16.5. The van der Waals surface area contributed by atoms with Gasteiger partial charge in [0.1, 0.15) is 0 Å². The van der Waals surface area contributed by atoms with E-state index in [0.717, 1.165) is 36.1 Å². The number of rotatable bonds is 8. The van der Waals surface area contributed by atoms with Crippen LogP contribution in [0.15, 0.2) is 41.6 Å². The van der Waals surface area contributed by atoms with Crippen molar-refractivity contribution in [3.8, 4) is 0 Å². The Morgan fingerprint density at radius 1 is 1.17 bits per heavy atom. The van der Waals surface area contributed by atoms with Gasteiger partial charge in [0.2, 0.25) is 0 Å². The van der Waals surface area contributed by atoms with Crippen LogP contribution in [0.5, 0.6) is 0 Å². The van der Waals surface area contributed by atoms with Crippen LogP contribution in [-0.4, -0.2) is 23.9 Å². The molecular formula is C19H25NO3. The zero-order chi connectivity index (χ0) is 16.7. The summed E-state index contributed by atoms with van der Waals surface area (Å²) in [5.74, 6) is 0.165. The van der Waals surface area contributed by atoms with E-state index in [2.05, 4.69) is 6.92 Å². The fraction of sp³-hybridized carbons (Fsp3) is 0.474. The fourth-order valence-corrected chi connectivity index (χ4v) is 2.84. The zero-order valence-electron chi connectivity index (χ0n) is 14.0. The van der Waals surface area contributed by atoms with Crippen molar-refractivity contribution in [2.45, 2.75) is 52.0 Å². The van der Waals surface area contributed by atoms with Gasteiger partial charge in [-0.05, 0) is 18.4 Å². The number of unbranched alkanes of at least 4 members (excludes halogenated alkanes) is 3. The van der Waals surface area contributed by atoms with Crippen molar-refractivity contribution < 1.29 is 14.3 Å². The summed E-state index contributed by atoms with van der Waals surface area (Å²) in [5, 5.41) is 0.